The van der Waals surface area contributed by atoms with Gasteiger partial charge in [-0.2, -0.15) is 5.26 Å². The summed E-state index contributed by atoms with van der Waals surface area (Å²) in [4.78, 5) is 13.4. The Labute approximate surface area is 181 Å². The standard InChI is InChI=1S/C24H23N3O2S/c1-4-14-30-24-18(15-25)22(17-10-6-5-7-11-17)21(16(2)26-24)23(28)27-19-12-8-9-13-20(19)29-3/h4-13,22,26H,1,14H2,2-3H3,(H,27,28)/t22-/m0/s1. The van der Waals surface area contributed by atoms with Crippen LogP contribution < -0.4 is 15.4 Å². The minimum atomic E-state index is -0.473. The van der Waals surface area contributed by atoms with Gasteiger partial charge in [-0.1, -0.05) is 48.5 Å². The molecule has 2 aromatic rings. The quantitative estimate of drug-likeness (QED) is 0.624. The van der Waals surface area contributed by atoms with Gasteiger partial charge in [0.05, 0.1) is 35.4 Å². The van der Waals surface area contributed by atoms with Crippen molar-refractivity contribution >= 4 is 23.4 Å². The maximum absolute atomic E-state index is 13.4. The first-order chi connectivity index (χ1) is 14.6. The molecule has 30 heavy (non-hydrogen) atoms. The molecule has 1 heterocycles. The van der Waals surface area contributed by atoms with Gasteiger partial charge in [-0.3, -0.25) is 4.79 Å². The van der Waals surface area contributed by atoms with Gasteiger partial charge in [0.25, 0.3) is 5.91 Å². The van der Waals surface area contributed by atoms with Gasteiger partial charge in [0, 0.05) is 17.0 Å². The molecule has 5 nitrogen and oxygen atoms in total. The first-order valence-corrected chi connectivity index (χ1v) is 10.4. The van der Waals surface area contributed by atoms with E-state index >= 15 is 0 Å². The largest absolute Gasteiger partial charge is 0.495 e. The fourth-order valence-electron chi connectivity index (χ4n) is 3.39. The molecule has 0 bridgehead atoms. The molecule has 6 heteroatoms. The van der Waals surface area contributed by atoms with E-state index in [-0.39, 0.29) is 5.91 Å². The summed E-state index contributed by atoms with van der Waals surface area (Å²) >= 11 is 1.50. The van der Waals surface area contributed by atoms with Crippen LogP contribution in [0.4, 0.5) is 5.69 Å². The maximum atomic E-state index is 13.4. The zero-order valence-electron chi connectivity index (χ0n) is 16.9. The highest BCUT2D eigenvalue weighted by molar-refractivity contribution is 8.03. The first-order valence-electron chi connectivity index (χ1n) is 9.45. The number of carbonyl (C=O) groups is 1. The number of carbonyl (C=O) groups excluding carboxylic acids is 1. The predicted octanol–water partition coefficient (Wildman–Crippen LogP) is 4.95. The van der Waals surface area contributed by atoms with E-state index in [1.807, 2.05) is 49.4 Å². The third-order valence-electron chi connectivity index (χ3n) is 4.73. The van der Waals surface area contributed by atoms with Gasteiger partial charge in [-0.25, -0.2) is 0 Å². The van der Waals surface area contributed by atoms with Crippen LogP contribution in [0.25, 0.3) is 0 Å². The number of nitrogens with one attached hydrogen (secondary N) is 2. The zero-order chi connectivity index (χ0) is 21.5. The summed E-state index contributed by atoms with van der Waals surface area (Å²) in [6.07, 6.45) is 1.79. The number of hydrogen-bond acceptors (Lipinski definition) is 5. The Bertz CT molecular complexity index is 1050. The molecule has 0 fully saturated rings. The van der Waals surface area contributed by atoms with Crippen molar-refractivity contribution in [3.8, 4) is 11.8 Å². The molecule has 0 aromatic heterocycles. The van der Waals surface area contributed by atoms with Crippen molar-refractivity contribution < 1.29 is 9.53 Å². The second-order valence-electron chi connectivity index (χ2n) is 6.62. The van der Waals surface area contributed by atoms with Gasteiger partial charge < -0.3 is 15.4 Å². The predicted molar refractivity (Wildman–Crippen MR) is 122 cm³/mol. The fraction of sp³-hybridized carbons (Fsp3) is 0.167. The van der Waals surface area contributed by atoms with Gasteiger partial charge in [0.1, 0.15) is 5.75 Å². The molecule has 0 radical (unpaired) electrons. The van der Waals surface area contributed by atoms with Crippen LogP contribution in [0.1, 0.15) is 18.4 Å². The van der Waals surface area contributed by atoms with E-state index < -0.39 is 5.92 Å². The highest BCUT2D eigenvalue weighted by Crippen LogP contribution is 2.41. The Hall–Kier alpha value is -3.43. The molecule has 0 aliphatic carbocycles. The summed E-state index contributed by atoms with van der Waals surface area (Å²) in [7, 11) is 1.56. The molecule has 1 aliphatic rings. The van der Waals surface area contributed by atoms with Gasteiger partial charge >= 0.3 is 0 Å². The van der Waals surface area contributed by atoms with E-state index in [1.165, 1.54) is 11.8 Å². The molecular formula is C24H23N3O2S. The number of nitrogens with zero attached hydrogens (tertiary/aromatic N) is 1. The molecule has 1 aliphatic heterocycles. The van der Waals surface area contributed by atoms with Crippen molar-refractivity contribution in [2.24, 2.45) is 0 Å². The fourth-order valence-corrected chi connectivity index (χ4v) is 4.21. The number of nitriles is 1. The van der Waals surface area contributed by atoms with Crippen LogP contribution in [-0.2, 0) is 4.79 Å². The van der Waals surface area contributed by atoms with Crippen molar-refractivity contribution in [1.29, 1.82) is 5.26 Å². The Morgan fingerprint density at radius 2 is 1.97 bits per heavy atom. The Balaban J connectivity index is 2.06. The van der Waals surface area contributed by atoms with Crippen LogP contribution in [0.15, 0.2) is 89.1 Å². The van der Waals surface area contributed by atoms with Crippen molar-refractivity contribution in [3.63, 3.8) is 0 Å². The van der Waals surface area contributed by atoms with Crippen LogP contribution in [0.5, 0.6) is 5.75 Å². The number of rotatable bonds is 7. The number of benzene rings is 2. The number of amides is 1. The van der Waals surface area contributed by atoms with E-state index in [1.54, 1.807) is 25.3 Å². The molecule has 1 amide bonds. The van der Waals surface area contributed by atoms with Gasteiger partial charge in [-0.15, -0.1) is 18.3 Å². The lowest BCUT2D eigenvalue weighted by atomic mass is 9.82. The summed E-state index contributed by atoms with van der Waals surface area (Å²) in [5.74, 6) is 0.478. The lowest BCUT2D eigenvalue weighted by Crippen LogP contribution is -2.30. The normalized spacial score (nSPS) is 15.8. The lowest BCUT2D eigenvalue weighted by Gasteiger charge is -2.30. The summed E-state index contributed by atoms with van der Waals surface area (Å²) in [5, 5.41) is 16.9. The summed E-state index contributed by atoms with van der Waals surface area (Å²) < 4.78 is 5.35. The highest BCUT2D eigenvalue weighted by Gasteiger charge is 2.34. The summed E-state index contributed by atoms with van der Waals surface area (Å²) in [6.45, 7) is 5.61. The van der Waals surface area contributed by atoms with Crippen LogP contribution in [0, 0.1) is 11.3 Å². The molecule has 0 saturated heterocycles. The van der Waals surface area contributed by atoms with Crippen LogP contribution in [-0.4, -0.2) is 18.8 Å². The van der Waals surface area contributed by atoms with E-state index in [4.69, 9.17) is 4.74 Å². The Morgan fingerprint density at radius 3 is 2.63 bits per heavy atom. The molecule has 0 unspecified atom stereocenters. The minimum absolute atomic E-state index is 0.279. The van der Waals surface area contributed by atoms with E-state index in [0.29, 0.717) is 34.0 Å². The smallest absolute Gasteiger partial charge is 0.254 e. The Morgan fingerprint density at radius 1 is 1.27 bits per heavy atom. The molecule has 3 rings (SSSR count). The average molecular weight is 418 g/mol. The second-order valence-corrected chi connectivity index (χ2v) is 7.65. The number of ether oxygens (including phenoxy) is 1. The molecule has 0 saturated carbocycles. The van der Waals surface area contributed by atoms with Gasteiger partial charge in [0.2, 0.25) is 0 Å². The number of thioether (sulfide) groups is 1. The lowest BCUT2D eigenvalue weighted by molar-refractivity contribution is -0.113. The second kappa shape index (κ2) is 9.86. The first kappa shape index (κ1) is 21.3. The zero-order valence-corrected chi connectivity index (χ0v) is 17.8. The molecule has 2 N–H and O–H groups in total. The SMILES string of the molecule is C=CCSC1=C(C#N)[C@H](c2ccccc2)C(C(=O)Nc2ccccc2OC)=C(C)N1. The van der Waals surface area contributed by atoms with E-state index in [0.717, 1.165) is 10.6 Å². The van der Waals surface area contributed by atoms with Crippen LogP contribution in [0.3, 0.4) is 0 Å². The van der Waals surface area contributed by atoms with Crippen molar-refractivity contribution in [2.75, 3.05) is 18.2 Å². The van der Waals surface area contributed by atoms with Crippen molar-refractivity contribution in [2.45, 2.75) is 12.8 Å². The maximum Gasteiger partial charge on any atom is 0.254 e. The molecular weight excluding hydrogens is 394 g/mol. The molecule has 152 valence electrons. The third kappa shape index (κ3) is 4.42. The van der Waals surface area contributed by atoms with E-state index in [2.05, 4.69) is 23.3 Å². The van der Waals surface area contributed by atoms with E-state index in [9.17, 15) is 10.1 Å². The molecule has 1 atom stereocenters. The Kier molecular flexibility index (Phi) is 6.99. The molecule has 2 aromatic carbocycles. The van der Waals surface area contributed by atoms with Gasteiger partial charge in [-0.05, 0) is 24.6 Å². The van der Waals surface area contributed by atoms with Crippen molar-refractivity contribution in [3.05, 3.63) is 94.7 Å². The monoisotopic (exact) mass is 417 g/mol. The third-order valence-corrected chi connectivity index (χ3v) is 5.74. The number of anilines is 1. The number of allylic oxidation sites excluding steroid dienone is 2. The van der Waals surface area contributed by atoms with Crippen LogP contribution in [0.2, 0.25) is 0 Å². The number of hydrogen-bond donors (Lipinski definition) is 2. The number of para-hydroxylation sites is 2. The minimum Gasteiger partial charge on any atom is -0.495 e. The summed E-state index contributed by atoms with van der Waals surface area (Å²) in [5.41, 5.74) is 3.19. The van der Waals surface area contributed by atoms with Crippen molar-refractivity contribution in [1.82, 2.24) is 5.32 Å². The number of dihydropyridines is 1. The highest BCUT2D eigenvalue weighted by atomic mass is 32.2. The van der Waals surface area contributed by atoms with Gasteiger partial charge in [0.15, 0.2) is 0 Å². The topological polar surface area (TPSA) is 74.2 Å². The summed E-state index contributed by atoms with van der Waals surface area (Å²) in [6, 6.07) is 19.2. The van der Waals surface area contributed by atoms with Crippen LogP contribution >= 0.6 is 11.8 Å². The number of methoxy groups -OCH3 is 1. The average Bonchev–Trinajstić information content (AvgIpc) is 2.77. The molecule has 0 spiro atoms.